The molecular formula is C27H43NO2. The molecule has 4 aliphatic carbocycles. The van der Waals surface area contributed by atoms with Gasteiger partial charge in [-0.2, -0.15) is 0 Å². The van der Waals surface area contributed by atoms with Crippen molar-refractivity contribution in [2.75, 3.05) is 6.54 Å². The largest absolute Gasteiger partial charge is 0.393 e. The van der Waals surface area contributed by atoms with Gasteiger partial charge in [-0.25, -0.2) is 0 Å². The SMILES string of the molecule is C[C@H]1CC[C@]2(NC1)O[C@H]1C[C@H]3[C@H]4CC=C5C[C@@H](O)CC[C@]5(C)[C@H]4CC[C@]3(C)[C@H]1[C@@H]2C. The number of piperidine rings is 1. The smallest absolute Gasteiger partial charge is 0.122 e. The van der Waals surface area contributed by atoms with E-state index < -0.39 is 0 Å². The average molecular weight is 414 g/mol. The second-order valence-electron chi connectivity index (χ2n) is 12.8. The molecule has 3 saturated carbocycles. The summed E-state index contributed by atoms with van der Waals surface area (Å²) in [5.41, 5.74) is 2.33. The number of rotatable bonds is 0. The predicted molar refractivity (Wildman–Crippen MR) is 120 cm³/mol. The van der Waals surface area contributed by atoms with Crippen molar-refractivity contribution in [3.8, 4) is 0 Å². The van der Waals surface area contributed by atoms with Crippen LogP contribution in [0.15, 0.2) is 11.6 Å². The number of fused-ring (bicyclic) bond motifs is 7. The van der Waals surface area contributed by atoms with Crippen LogP contribution in [-0.2, 0) is 4.74 Å². The van der Waals surface area contributed by atoms with Crippen LogP contribution in [0.1, 0.15) is 85.5 Å². The van der Waals surface area contributed by atoms with Crippen molar-refractivity contribution in [2.45, 2.75) is 103 Å². The number of allylic oxidation sites excluding steroid dienone is 1. The first-order valence-electron chi connectivity index (χ1n) is 13.1. The van der Waals surface area contributed by atoms with Gasteiger partial charge in [0.15, 0.2) is 0 Å². The molecule has 0 amide bonds. The molecule has 0 bridgehead atoms. The number of aliphatic hydroxyl groups excluding tert-OH is 1. The molecule has 2 saturated heterocycles. The van der Waals surface area contributed by atoms with Crippen LogP contribution in [0.4, 0.5) is 0 Å². The molecule has 0 unspecified atom stereocenters. The highest BCUT2D eigenvalue weighted by Gasteiger charge is 2.68. The molecule has 6 aliphatic rings. The molecule has 0 aromatic heterocycles. The minimum absolute atomic E-state index is 0.0439. The fourth-order valence-corrected chi connectivity index (χ4v) is 9.84. The van der Waals surface area contributed by atoms with E-state index in [-0.39, 0.29) is 11.8 Å². The van der Waals surface area contributed by atoms with Gasteiger partial charge in [-0.15, -0.1) is 0 Å². The molecule has 168 valence electrons. The molecule has 2 aliphatic heterocycles. The Labute approximate surface area is 183 Å². The Morgan fingerprint density at radius 3 is 2.67 bits per heavy atom. The predicted octanol–water partition coefficient (Wildman–Crippen LogP) is 5.29. The van der Waals surface area contributed by atoms with E-state index in [4.69, 9.17) is 4.74 Å². The zero-order valence-corrected chi connectivity index (χ0v) is 19.6. The van der Waals surface area contributed by atoms with Gasteiger partial charge in [-0.3, -0.25) is 5.32 Å². The molecule has 2 heterocycles. The summed E-state index contributed by atoms with van der Waals surface area (Å²) in [6.07, 6.45) is 13.8. The highest BCUT2D eigenvalue weighted by atomic mass is 16.5. The molecule has 11 atom stereocenters. The lowest BCUT2D eigenvalue weighted by Crippen LogP contribution is -2.57. The van der Waals surface area contributed by atoms with Gasteiger partial charge in [0.25, 0.3) is 0 Å². The van der Waals surface area contributed by atoms with Crippen LogP contribution in [-0.4, -0.2) is 29.6 Å². The van der Waals surface area contributed by atoms with Crippen molar-refractivity contribution >= 4 is 0 Å². The van der Waals surface area contributed by atoms with Gasteiger partial charge in [0.05, 0.1) is 12.2 Å². The highest BCUT2D eigenvalue weighted by Crippen LogP contribution is 2.70. The van der Waals surface area contributed by atoms with Crippen LogP contribution in [0, 0.1) is 46.3 Å². The second kappa shape index (κ2) is 6.58. The van der Waals surface area contributed by atoms with Crippen LogP contribution in [0.2, 0.25) is 0 Å². The summed E-state index contributed by atoms with van der Waals surface area (Å²) in [6.45, 7) is 11.2. The minimum atomic E-state index is -0.100. The normalized spacial score (nSPS) is 59.8. The first-order chi connectivity index (χ1) is 14.3. The zero-order chi connectivity index (χ0) is 20.9. The van der Waals surface area contributed by atoms with Crippen molar-refractivity contribution in [3.05, 3.63) is 11.6 Å². The zero-order valence-electron chi connectivity index (χ0n) is 19.6. The maximum Gasteiger partial charge on any atom is 0.122 e. The number of hydrogen-bond donors (Lipinski definition) is 2. The molecule has 0 aromatic rings. The first-order valence-corrected chi connectivity index (χ1v) is 13.1. The summed E-state index contributed by atoms with van der Waals surface area (Å²) in [7, 11) is 0. The summed E-state index contributed by atoms with van der Waals surface area (Å²) in [6, 6.07) is 0. The molecule has 1 spiro atoms. The monoisotopic (exact) mass is 413 g/mol. The van der Waals surface area contributed by atoms with E-state index in [0.29, 0.717) is 22.9 Å². The standard InChI is InChI=1S/C27H43NO2/c1-16-7-12-27(28-15-16)17(2)24-23(30-27)14-22-20-6-5-18-13-19(29)8-10-25(18,3)21(20)9-11-26(22,24)4/h5,16-17,19-24,28-29H,6-15H2,1-4H3/t16-,17-,19-,20-,21-,22-,23-,24-,25-,26-,27-/m0/s1. The maximum atomic E-state index is 10.3. The van der Waals surface area contributed by atoms with Gasteiger partial charge in [-0.1, -0.05) is 39.3 Å². The van der Waals surface area contributed by atoms with Crippen molar-refractivity contribution in [1.29, 1.82) is 0 Å². The van der Waals surface area contributed by atoms with Gasteiger partial charge in [0.1, 0.15) is 5.72 Å². The maximum absolute atomic E-state index is 10.3. The number of ether oxygens (including phenoxy) is 1. The summed E-state index contributed by atoms with van der Waals surface area (Å²) < 4.78 is 7.00. The fraction of sp³-hybridized carbons (Fsp3) is 0.926. The van der Waals surface area contributed by atoms with Gasteiger partial charge < -0.3 is 9.84 Å². The van der Waals surface area contributed by atoms with Crippen molar-refractivity contribution in [2.24, 2.45) is 46.3 Å². The lowest BCUT2D eigenvalue weighted by Gasteiger charge is -2.58. The van der Waals surface area contributed by atoms with Crippen molar-refractivity contribution in [1.82, 2.24) is 5.32 Å². The van der Waals surface area contributed by atoms with E-state index in [1.54, 1.807) is 5.57 Å². The van der Waals surface area contributed by atoms with E-state index in [9.17, 15) is 5.11 Å². The summed E-state index contributed by atoms with van der Waals surface area (Å²) >= 11 is 0. The molecule has 2 N–H and O–H groups in total. The minimum Gasteiger partial charge on any atom is -0.393 e. The number of hydrogen-bond acceptors (Lipinski definition) is 3. The first kappa shape index (κ1) is 20.2. The quantitative estimate of drug-likeness (QED) is 0.530. The summed E-state index contributed by atoms with van der Waals surface area (Å²) in [4.78, 5) is 0. The van der Waals surface area contributed by atoms with Crippen LogP contribution in [0.25, 0.3) is 0 Å². The van der Waals surface area contributed by atoms with E-state index in [1.165, 1.54) is 44.9 Å². The Kier molecular flexibility index (Phi) is 4.44. The lowest BCUT2D eigenvalue weighted by atomic mass is 9.47. The third-order valence-electron chi connectivity index (χ3n) is 11.6. The topological polar surface area (TPSA) is 41.5 Å². The van der Waals surface area contributed by atoms with Gasteiger partial charge in [-0.05, 0) is 98.2 Å². The third kappa shape index (κ3) is 2.55. The molecule has 3 nitrogen and oxygen atoms in total. The molecule has 3 heteroatoms. The lowest BCUT2D eigenvalue weighted by molar-refractivity contribution is -0.115. The molecule has 5 fully saturated rings. The third-order valence-corrected chi connectivity index (χ3v) is 11.6. The molecule has 30 heavy (non-hydrogen) atoms. The second-order valence-corrected chi connectivity index (χ2v) is 12.8. The van der Waals surface area contributed by atoms with Gasteiger partial charge >= 0.3 is 0 Å². The Hall–Kier alpha value is -0.380. The molecule has 0 radical (unpaired) electrons. The van der Waals surface area contributed by atoms with E-state index in [0.717, 1.165) is 49.0 Å². The summed E-state index contributed by atoms with van der Waals surface area (Å²) in [5.74, 6) is 4.58. The Morgan fingerprint density at radius 2 is 1.90 bits per heavy atom. The Balaban J connectivity index is 1.28. The number of aliphatic hydroxyl groups is 1. The number of nitrogens with one attached hydrogen (secondary N) is 1. The average Bonchev–Trinajstić information content (AvgIpc) is 3.16. The molecule has 6 rings (SSSR count). The Morgan fingerprint density at radius 1 is 1.07 bits per heavy atom. The van der Waals surface area contributed by atoms with E-state index >= 15 is 0 Å². The molecule has 0 aromatic carbocycles. The highest BCUT2D eigenvalue weighted by molar-refractivity contribution is 5.26. The van der Waals surface area contributed by atoms with Crippen molar-refractivity contribution < 1.29 is 9.84 Å². The van der Waals surface area contributed by atoms with Crippen LogP contribution >= 0.6 is 0 Å². The van der Waals surface area contributed by atoms with Gasteiger partial charge in [0.2, 0.25) is 0 Å². The van der Waals surface area contributed by atoms with Crippen LogP contribution in [0.3, 0.4) is 0 Å². The van der Waals surface area contributed by atoms with Crippen LogP contribution < -0.4 is 5.32 Å². The molecular weight excluding hydrogens is 370 g/mol. The fourth-order valence-electron chi connectivity index (χ4n) is 9.84. The van der Waals surface area contributed by atoms with Gasteiger partial charge in [0, 0.05) is 12.5 Å². The summed E-state index contributed by atoms with van der Waals surface area (Å²) in [5, 5.41) is 14.1. The van der Waals surface area contributed by atoms with E-state index in [2.05, 4.69) is 39.1 Å². The van der Waals surface area contributed by atoms with Crippen LogP contribution in [0.5, 0.6) is 0 Å². The Bertz CT molecular complexity index is 739. The van der Waals surface area contributed by atoms with E-state index in [1.807, 2.05) is 0 Å². The van der Waals surface area contributed by atoms with Crippen molar-refractivity contribution in [3.63, 3.8) is 0 Å².